The number of benzene rings is 2. The molecule has 2 heterocycles. The Morgan fingerprint density at radius 1 is 1.08 bits per heavy atom. The lowest BCUT2D eigenvalue weighted by Crippen LogP contribution is -2.49. The van der Waals surface area contributed by atoms with Crippen LogP contribution in [0.2, 0.25) is 0 Å². The quantitative estimate of drug-likeness (QED) is 0.514. The summed E-state index contributed by atoms with van der Waals surface area (Å²) in [4.78, 5) is 28.0. The van der Waals surface area contributed by atoms with Crippen LogP contribution in [0.1, 0.15) is 49.8 Å². The van der Waals surface area contributed by atoms with Crippen molar-refractivity contribution in [2.24, 2.45) is 5.10 Å². The molecule has 0 saturated carbocycles. The summed E-state index contributed by atoms with van der Waals surface area (Å²) in [5.74, 6) is 0.348. The molecule has 0 radical (unpaired) electrons. The average Bonchev–Trinajstić information content (AvgIpc) is 3.34. The van der Waals surface area contributed by atoms with Gasteiger partial charge in [0.05, 0.1) is 39.1 Å². The number of carbonyl (C=O) groups is 2. The summed E-state index contributed by atoms with van der Waals surface area (Å²) in [6, 6.07) is 10.7. The monoisotopic (exact) mass is 497 g/mol. The third-order valence-electron chi connectivity index (χ3n) is 6.65. The molecule has 2 aliphatic heterocycles. The van der Waals surface area contributed by atoms with Crippen LogP contribution in [-0.4, -0.2) is 67.5 Å². The molecular weight excluding hydrogens is 465 g/mol. The number of rotatable bonds is 8. The maximum absolute atomic E-state index is 13.6. The summed E-state index contributed by atoms with van der Waals surface area (Å²) in [6.07, 6.45) is 2.91. The Morgan fingerprint density at radius 3 is 2.56 bits per heavy atom. The predicted octanol–water partition coefficient (Wildman–Crippen LogP) is 3.94. The highest BCUT2D eigenvalue weighted by Crippen LogP contribution is 2.36. The Balaban J connectivity index is 1.64. The van der Waals surface area contributed by atoms with E-state index in [0.717, 1.165) is 24.0 Å². The smallest absolute Gasteiger partial charge is 0.323 e. The van der Waals surface area contributed by atoms with Crippen LogP contribution in [0, 0.1) is 5.82 Å². The van der Waals surface area contributed by atoms with E-state index in [4.69, 9.17) is 19.3 Å². The van der Waals surface area contributed by atoms with Crippen molar-refractivity contribution in [2.45, 2.75) is 44.7 Å². The number of esters is 1. The van der Waals surface area contributed by atoms with E-state index in [9.17, 15) is 14.0 Å². The number of halogens is 1. The van der Waals surface area contributed by atoms with E-state index in [2.05, 4.69) is 0 Å². The number of hydrogen-bond donors (Lipinski definition) is 0. The van der Waals surface area contributed by atoms with Gasteiger partial charge in [-0.1, -0.05) is 18.6 Å². The minimum Gasteiger partial charge on any atom is -0.497 e. The van der Waals surface area contributed by atoms with Gasteiger partial charge in [-0.2, -0.15) is 5.10 Å². The van der Waals surface area contributed by atoms with E-state index in [-0.39, 0.29) is 24.2 Å². The Kier molecular flexibility index (Phi) is 8.20. The third kappa shape index (κ3) is 5.51. The van der Waals surface area contributed by atoms with Gasteiger partial charge < -0.3 is 14.2 Å². The van der Waals surface area contributed by atoms with E-state index in [0.29, 0.717) is 43.2 Å². The molecule has 2 aliphatic rings. The average molecular weight is 498 g/mol. The molecule has 9 heteroatoms. The summed E-state index contributed by atoms with van der Waals surface area (Å²) in [5, 5.41) is 6.18. The first-order valence-electron chi connectivity index (χ1n) is 12.2. The van der Waals surface area contributed by atoms with Crippen molar-refractivity contribution in [1.29, 1.82) is 0 Å². The number of hydrazone groups is 1. The van der Waals surface area contributed by atoms with Gasteiger partial charge in [0.15, 0.2) is 0 Å². The van der Waals surface area contributed by atoms with Crippen LogP contribution in [-0.2, 0) is 14.3 Å². The molecule has 36 heavy (non-hydrogen) atoms. The minimum absolute atomic E-state index is 0.0394. The maximum Gasteiger partial charge on any atom is 0.323 e. The highest BCUT2D eigenvalue weighted by Gasteiger charge is 2.37. The molecule has 0 aliphatic carbocycles. The Morgan fingerprint density at radius 2 is 1.86 bits per heavy atom. The van der Waals surface area contributed by atoms with E-state index in [1.54, 1.807) is 39.3 Å². The second-order valence-electron chi connectivity index (χ2n) is 8.86. The van der Waals surface area contributed by atoms with Gasteiger partial charge in [0.25, 0.3) is 5.91 Å². The van der Waals surface area contributed by atoms with Crippen molar-refractivity contribution in [3.63, 3.8) is 0 Å². The van der Waals surface area contributed by atoms with Gasteiger partial charge in [0, 0.05) is 18.1 Å². The summed E-state index contributed by atoms with van der Waals surface area (Å²) in [7, 11) is 3.15. The van der Waals surface area contributed by atoms with E-state index in [1.807, 2.05) is 17.0 Å². The number of hydrogen-bond acceptors (Lipinski definition) is 7. The van der Waals surface area contributed by atoms with Crippen molar-refractivity contribution in [3.8, 4) is 11.5 Å². The first-order chi connectivity index (χ1) is 17.4. The molecule has 0 bridgehead atoms. The molecule has 0 aromatic heterocycles. The van der Waals surface area contributed by atoms with Crippen LogP contribution in [0.3, 0.4) is 0 Å². The summed E-state index contributed by atoms with van der Waals surface area (Å²) in [5.41, 5.74) is 2.21. The number of likely N-dealkylation sites (tertiary alicyclic amines) is 1. The number of carbonyl (C=O) groups excluding carboxylic acids is 2. The van der Waals surface area contributed by atoms with Crippen LogP contribution in [0.5, 0.6) is 11.5 Å². The van der Waals surface area contributed by atoms with Gasteiger partial charge in [-0.25, -0.2) is 9.40 Å². The highest BCUT2D eigenvalue weighted by molar-refractivity contribution is 6.05. The normalized spacial score (nSPS) is 20.1. The molecule has 2 aromatic rings. The van der Waals surface area contributed by atoms with Gasteiger partial charge in [0.1, 0.15) is 23.4 Å². The van der Waals surface area contributed by atoms with Crippen LogP contribution >= 0.6 is 0 Å². The molecular formula is C27H32FN3O5. The van der Waals surface area contributed by atoms with Crippen molar-refractivity contribution < 1.29 is 28.2 Å². The molecule has 1 amide bonds. The summed E-state index contributed by atoms with van der Waals surface area (Å²) in [6.45, 7) is 2.75. The minimum atomic E-state index is -0.445. The predicted molar refractivity (Wildman–Crippen MR) is 133 cm³/mol. The lowest BCUT2D eigenvalue weighted by molar-refractivity contribution is -0.152. The molecule has 4 rings (SSSR count). The number of ether oxygens (including phenoxy) is 3. The van der Waals surface area contributed by atoms with Crippen molar-refractivity contribution in [3.05, 3.63) is 59.4 Å². The van der Waals surface area contributed by atoms with Crippen molar-refractivity contribution >= 4 is 17.6 Å². The van der Waals surface area contributed by atoms with Gasteiger partial charge in [-0.05, 0) is 56.1 Å². The molecule has 192 valence electrons. The first kappa shape index (κ1) is 25.6. The molecule has 1 saturated heterocycles. The fraction of sp³-hybridized carbons (Fsp3) is 0.444. The lowest BCUT2D eigenvalue weighted by Gasteiger charge is -2.34. The van der Waals surface area contributed by atoms with Crippen LogP contribution in [0.25, 0.3) is 0 Å². The van der Waals surface area contributed by atoms with Crippen LogP contribution in [0.15, 0.2) is 47.6 Å². The van der Waals surface area contributed by atoms with Gasteiger partial charge in [0.2, 0.25) is 0 Å². The molecule has 2 atom stereocenters. The zero-order valence-electron chi connectivity index (χ0n) is 20.9. The third-order valence-corrected chi connectivity index (χ3v) is 6.65. The van der Waals surface area contributed by atoms with Crippen molar-refractivity contribution in [2.75, 3.05) is 33.9 Å². The maximum atomic E-state index is 13.6. The van der Waals surface area contributed by atoms with Crippen LogP contribution in [0.4, 0.5) is 4.39 Å². The Labute approximate surface area is 210 Å². The summed E-state index contributed by atoms with van der Waals surface area (Å²) < 4.78 is 29.8. The fourth-order valence-corrected chi connectivity index (χ4v) is 4.82. The van der Waals surface area contributed by atoms with E-state index >= 15 is 0 Å². The molecule has 0 unspecified atom stereocenters. The second-order valence-corrected chi connectivity index (χ2v) is 8.86. The van der Waals surface area contributed by atoms with Gasteiger partial charge in [-0.3, -0.25) is 14.5 Å². The SMILES string of the molecule is CCOC(=O)[C@H]1CCCCN1CC(=O)N1N=C(c2ccc(OC)cc2OC)C[C@@H]1c1ccc(F)cc1. The molecule has 0 N–H and O–H groups in total. The second kappa shape index (κ2) is 11.5. The summed E-state index contributed by atoms with van der Waals surface area (Å²) >= 11 is 0. The number of nitrogens with zero attached hydrogens (tertiary/aromatic N) is 3. The largest absolute Gasteiger partial charge is 0.497 e. The van der Waals surface area contributed by atoms with Crippen LogP contribution < -0.4 is 9.47 Å². The molecule has 1 fully saturated rings. The lowest BCUT2D eigenvalue weighted by atomic mass is 9.97. The number of amides is 1. The van der Waals surface area contributed by atoms with E-state index < -0.39 is 12.1 Å². The van der Waals surface area contributed by atoms with E-state index in [1.165, 1.54) is 17.1 Å². The standard InChI is InChI=1S/C27H32FN3O5/c1-4-36-27(33)23-7-5-6-14-30(23)17-26(32)31-24(18-8-10-19(28)11-9-18)16-22(29-31)21-13-12-20(34-2)15-25(21)35-3/h8-13,15,23-24H,4-7,14,16-17H2,1-3H3/t23-,24-/m1/s1. The van der Waals surface area contributed by atoms with Gasteiger partial charge >= 0.3 is 5.97 Å². The highest BCUT2D eigenvalue weighted by atomic mass is 19.1. The topological polar surface area (TPSA) is 80.7 Å². The molecule has 8 nitrogen and oxygen atoms in total. The van der Waals surface area contributed by atoms with Crippen molar-refractivity contribution in [1.82, 2.24) is 9.91 Å². The Bertz CT molecular complexity index is 1120. The number of methoxy groups -OCH3 is 2. The van der Waals surface area contributed by atoms with Gasteiger partial charge in [-0.15, -0.1) is 0 Å². The zero-order chi connectivity index (χ0) is 25.7. The Hall–Kier alpha value is -3.46. The zero-order valence-corrected chi connectivity index (χ0v) is 20.9. The molecule has 0 spiro atoms. The first-order valence-corrected chi connectivity index (χ1v) is 12.2. The fourth-order valence-electron chi connectivity index (χ4n) is 4.82. The molecule has 2 aromatic carbocycles. The number of piperidine rings is 1.